The van der Waals surface area contributed by atoms with E-state index in [1.54, 1.807) is 25.4 Å². The number of carbonyl (C=O) groups excluding carboxylic acids is 1. The molecule has 0 spiro atoms. The number of hydrogen-bond acceptors (Lipinski definition) is 5. The zero-order chi connectivity index (χ0) is 17.9. The SMILES string of the molecule is CC(c1ccc(S(C)=O)cc1)N(C)C(=O)c1cnc(C(=O)O)cn1. The monoisotopic (exact) mass is 347 g/mol. The molecule has 0 fully saturated rings. The van der Waals surface area contributed by atoms with E-state index >= 15 is 0 Å². The molecule has 8 heteroatoms. The number of aromatic carboxylic acids is 1. The molecule has 1 aromatic carbocycles. The summed E-state index contributed by atoms with van der Waals surface area (Å²) in [4.78, 5) is 33.0. The van der Waals surface area contributed by atoms with E-state index in [1.165, 1.54) is 4.90 Å². The van der Waals surface area contributed by atoms with Crippen molar-refractivity contribution in [3.05, 3.63) is 53.6 Å². The van der Waals surface area contributed by atoms with Gasteiger partial charge in [0, 0.05) is 29.0 Å². The Bertz CT molecular complexity index is 775. The van der Waals surface area contributed by atoms with Crippen LogP contribution in [0.2, 0.25) is 0 Å². The third kappa shape index (κ3) is 3.83. The van der Waals surface area contributed by atoms with Crippen molar-refractivity contribution in [1.29, 1.82) is 0 Å². The van der Waals surface area contributed by atoms with Crippen molar-refractivity contribution in [2.75, 3.05) is 13.3 Å². The van der Waals surface area contributed by atoms with Gasteiger partial charge < -0.3 is 10.0 Å². The minimum atomic E-state index is -1.20. The molecular weight excluding hydrogens is 330 g/mol. The first-order chi connectivity index (χ1) is 11.3. The Morgan fingerprint density at radius 3 is 2.12 bits per heavy atom. The molecule has 0 aliphatic carbocycles. The van der Waals surface area contributed by atoms with Crippen molar-refractivity contribution >= 4 is 22.7 Å². The number of carbonyl (C=O) groups is 2. The van der Waals surface area contributed by atoms with Gasteiger partial charge in [0.1, 0.15) is 5.69 Å². The first kappa shape index (κ1) is 17.7. The normalized spacial score (nSPS) is 13.1. The highest BCUT2D eigenvalue weighted by Crippen LogP contribution is 2.21. The number of benzene rings is 1. The molecule has 0 saturated heterocycles. The Hall–Kier alpha value is -2.61. The number of carboxylic acids is 1. The van der Waals surface area contributed by atoms with Crippen LogP contribution >= 0.6 is 0 Å². The molecule has 1 aromatic heterocycles. The average molecular weight is 347 g/mol. The summed E-state index contributed by atoms with van der Waals surface area (Å²) in [5, 5.41) is 8.80. The molecule has 2 unspecified atom stereocenters. The van der Waals surface area contributed by atoms with E-state index in [4.69, 9.17) is 5.11 Å². The summed E-state index contributed by atoms with van der Waals surface area (Å²) in [6, 6.07) is 6.94. The van der Waals surface area contributed by atoms with Crippen LogP contribution in [0.1, 0.15) is 39.5 Å². The Balaban J connectivity index is 2.16. The van der Waals surface area contributed by atoms with Crippen molar-refractivity contribution in [2.24, 2.45) is 0 Å². The lowest BCUT2D eigenvalue weighted by Gasteiger charge is -2.25. The Morgan fingerprint density at radius 2 is 1.67 bits per heavy atom. The van der Waals surface area contributed by atoms with Crippen LogP contribution in [0.3, 0.4) is 0 Å². The summed E-state index contributed by atoms with van der Waals surface area (Å²) in [6.07, 6.45) is 3.81. The number of carboxylic acid groups (broad SMARTS) is 1. The van der Waals surface area contributed by atoms with Gasteiger partial charge in [-0.2, -0.15) is 0 Å². The molecule has 0 saturated carbocycles. The smallest absolute Gasteiger partial charge is 0.356 e. The van der Waals surface area contributed by atoms with Crippen LogP contribution in [0.4, 0.5) is 0 Å². The van der Waals surface area contributed by atoms with Gasteiger partial charge in [-0.1, -0.05) is 12.1 Å². The van der Waals surface area contributed by atoms with Gasteiger partial charge in [0.2, 0.25) is 0 Å². The first-order valence-corrected chi connectivity index (χ1v) is 8.63. The number of aromatic nitrogens is 2. The molecule has 1 amide bonds. The number of amides is 1. The van der Waals surface area contributed by atoms with Gasteiger partial charge in [0.15, 0.2) is 5.69 Å². The zero-order valence-corrected chi connectivity index (χ0v) is 14.3. The van der Waals surface area contributed by atoms with Crippen molar-refractivity contribution < 1.29 is 18.9 Å². The van der Waals surface area contributed by atoms with Gasteiger partial charge in [0.05, 0.1) is 18.4 Å². The predicted molar refractivity (Wildman–Crippen MR) is 88.3 cm³/mol. The molecule has 2 atom stereocenters. The quantitative estimate of drug-likeness (QED) is 0.884. The van der Waals surface area contributed by atoms with Crippen LogP contribution in [0, 0.1) is 0 Å². The van der Waals surface area contributed by atoms with E-state index in [2.05, 4.69) is 9.97 Å². The highest BCUT2D eigenvalue weighted by Gasteiger charge is 2.21. The maximum absolute atomic E-state index is 12.4. The lowest BCUT2D eigenvalue weighted by atomic mass is 10.1. The van der Waals surface area contributed by atoms with Crippen LogP contribution in [-0.2, 0) is 10.8 Å². The maximum atomic E-state index is 12.4. The molecule has 7 nitrogen and oxygen atoms in total. The van der Waals surface area contributed by atoms with Crippen molar-refractivity contribution in [3.63, 3.8) is 0 Å². The lowest BCUT2D eigenvalue weighted by molar-refractivity contribution is 0.0684. The van der Waals surface area contributed by atoms with Crippen LogP contribution in [-0.4, -0.2) is 49.4 Å². The summed E-state index contributed by atoms with van der Waals surface area (Å²) < 4.78 is 11.4. The second-order valence-electron chi connectivity index (χ2n) is 5.21. The van der Waals surface area contributed by atoms with E-state index in [0.717, 1.165) is 22.9 Å². The highest BCUT2D eigenvalue weighted by atomic mass is 32.2. The molecule has 1 heterocycles. The summed E-state index contributed by atoms with van der Waals surface area (Å²) in [7, 11) is 0.578. The van der Waals surface area contributed by atoms with Crippen LogP contribution in [0.25, 0.3) is 0 Å². The minimum absolute atomic E-state index is 0.0700. The first-order valence-electron chi connectivity index (χ1n) is 7.07. The van der Waals surface area contributed by atoms with Crippen LogP contribution in [0.15, 0.2) is 41.6 Å². The minimum Gasteiger partial charge on any atom is -0.476 e. The van der Waals surface area contributed by atoms with E-state index < -0.39 is 16.8 Å². The zero-order valence-electron chi connectivity index (χ0n) is 13.5. The molecule has 0 bridgehead atoms. The second kappa shape index (κ2) is 7.31. The third-order valence-electron chi connectivity index (χ3n) is 3.69. The fourth-order valence-electron chi connectivity index (χ4n) is 2.07. The molecule has 1 N–H and O–H groups in total. The number of hydrogen-bond donors (Lipinski definition) is 1. The summed E-state index contributed by atoms with van der Waals surface area (Å²) in [5.41, 5.74) is 0.737. The lowest BCUT2D eigenvalue weighted by Crippen LogP contribution is -2.30. The Morgan fingerprint density at radius 1 is 1.12 bits per heavy atom. The predicted octanol–water partition coefficient (Wildman–Crippen LogP) is 1.75. The van der Waals surface area contributed by atoms with Crippen molar-refractivity contribution in [1.82, 2.24) is 14.9 Å². The molecule has 2 aromatic rings. The molecule has 126 valence electrons. The van der Waals surface area contributed by atoms with Crippen molar-refractivity contribution in [2.45, 2.75) is 17.9 Å². The number of nitrogens with zero attached hydrogens (tertiary/aromatic N) is 3. The molecule has 24 heavy (non-hydrogen) atoms. The molecule has 0 radical (unpaired) electrons. The second-order valence-corrected chi connectivity index (χ2v) is 6.59. The summed E-state index contributed by atoms with van der Waals surface area (Å²) in [6.45, 7) is 1.86. The molecule has 0 aliphatic rings. The largest absolute Gasteiger partial charge is 0.476 e. The summed E-state index contributed by atoms with van der Waals surface area (Å²) in [5.74, 6) is -1.56. The Kier molecular flexibility index (Phi) is 5.40. The van der Waals surface area contributed by atoms with Gasteiger partial charge in [-0.3, -0.25) is 9.00 Å². The van der Waals surface area contributed by atoms with E-state index in [-0.39, 0.29) is 23.3 Å². The molecule has 2 rings (SSSR count). The average Bonchev–Trinajstić information content (AvgIpc) is 2.60. The van der Waals surface area contributed by atoms with Gasteiger partial charge in [-0.05, 0) is 24.6 Å². The number of rotatable bonds is 5. The topological polar surface area (TPSA) is 100 Å². The van der Waals surface area contributed by atoms with Gasteiger partial charge in [-0.15, -0.1) is 0 Å². The highest BCUT2D eigenvalue weighted by molar-refractivity contribution is 7.84. The van der Waals surface area contributed by atoms with Crippen LogP contribution in [0.5, 0.6) is 0 Å². The van der Waals surface area contributed by atoms with E-state index in [0.29, 0.717) is 0 Å². The molecular formula is C16H17N3O4S. The molecule has 0 aliphatic heterocycles. The van der Waals surface area contributed by atoms with Gasteiger partial charge >= 0.3 is 5.97 Å². The van der Waals surface area contributed by atoms with Gasteiger partial charge in [-0.25, -0.2) is 14.8 Å². The third-order valence-corrected chi connectivity index (χ3v) is 4.62. The van der Waals surface area contributed by atoms with Gasteiger partial charge in [0.25, 0.3) is 5.91 Å². The maximum Gasteiger partial charge on any atom is 0.356 e. The Labute approximate surface area is 141 Å². The fourth-order valence-corrected chi connectivity index (χ4v) is 2.59. The van der Waals surface area contributed by atoms with Crippen LogP contribution < -0.4 is 0 Å². The fraction of sp³-hybridized carbons (Fsp3) is 0.250. The summed E-state index contributed by atoms with van der Waals surface area (Å²) >= 11 is 0. The van der Waals surface area contributed by atoms with E-state index in [1.807, 2.05) is 19.1 Å². The van der Waals surface area contributed by atoms with Crippen molar-refractivity contribution in [3.8, 4) is 0 Å². The standard InChI is InChI=1S/C16H17N3O4S/c1-10(11-4-6-12(7-5-11)24(3)23)19(2)15(20)13-8-18-14(9-17-13)16(21)22/h4-10H,1-3H3,(H,21,22). The van der Waals surface area contributed by atoms with E-state index in [9.17, 15) is 13.8 Å².